The van der Waals surface area contributed by atoms with Gasteiger partial charge >= 0.3 is 0 Å². The Morgan fingerprint density at radius 1 is 1.11 bits per heavy atom. The molecule has 0 saturated carbocycles. The maximum atomic E-state index is 5.26. The van der Waals surface area contributed by atoms with E-state index in [1.165, 1.54) is 37.8 Å². The number of hydrogen-bond donors (Lipinski definition) is 1. The van der Waals surface area contributed by atoms with Crippen LogP contribution in [-0.2, 0) is 0 Å². The van der Waals surface area contributed by atoms with E-state index in [1.807, 2.05) is 0 Å². The van der Waals surface area contributed by atoms with Gasteiger partial charge in [-0.3, -0.25) is 0 Å². The number of benzene rings is 1. The molecule has 3 heteroatoms. The van der Waals surface area contributed by atoms with Crippen molar-refractivity contribution in [3.8, 4) is 5.75 Å². The molecule has 3 nitrogen and oxygen atoms in total. The predicted octanol–water partition coefficient (Wildman–Crippen LogP) is 2.80. The van der Waals surface area contributed by atoms with Crippen LogP contribution in [-0.4, -0.2) is 32.3 Å². The van der Waals surface area contributed by atoms with E-state index in [0.29, 0.717) is 18.1 Å². The molecule has 2 fully saturated rings. The van der Waals surface area contributed by atoms with Gasteiger partial charge < -0.3 is 15.0 Å². The third-order valence-electron chi connectivity index (χ3n) is 4.75. The van der Waals surface area contributed by atoms with Crippen molar-refractivity contribution in [2.45, 2.75) is 50.2 Å². The number of ether oxygens (including phenoxy) is 1. The van der Waals surface area contributed by atoms with Gasteiger partial charge in [0.25, 0.3) is 0 Å². The molecular formula is C16H24N2O. The fraction of sp³-hybridized carbons (Fsp3) is 0.625. The Morgan fingerprint density at radius 2 is 1.74 bits per heavy atom. The minimum atomic E-state index is 0.699. The highest BCUT2D eigenvalue weighted by molar-refractivity contribution is 5.52. The van der Waals surface area contributed by atoms with Crippen molar-refractivity contribution >= 4 is 5.69 Å². The Bertz CT molecular complexity index is 403. The van der Waals surface area contributed by atoms with Gasteiger partial charge in [-0.2, -0.15) is 0 Å². The summed E-state index contributed by atoms with van der Waals surface area (Å²) in [6.45, 7) is 0. The quantitative estimate of drug-likeness (QED) is 0.904. The summed E-state index contributed by atoms with van der Waals surface area (Å²) in [6, 6.07) is 10.7. The van der Waals surface area contributed by atoms with Gasteiger partial charge in [0, 0.05) is 23.8 Å². The van der Waals surface area contributed by atoms with Crippen molar-refractivity contribution in [2.75, 3.05) is 19.1 Å². The standard InChI is InChI=1S/C16H24N2O/c1-17-12-10-14-4-3-5-15(11-12)18(14)13-6-8-16(19-2)9-7-13/h6-9,12,14-15,17H,3-5,10-11H2,1-2H3. The molecule has 1 N–H and O–H groups in total. The van der Waals surface area contributed by atoms with E-state index < -0.39 is 0 Å². The summed E-state index contributed by atoms with van der Waals surface area (Å²) < 4.78 is 5.26. The van der Waals surface area contributed by atoms with Crippen molar-refractivity contribution in [1.82, 2.24) is 5.32 Å². The van der Waals surface area contributed by atoms with Crippen LogP contribution in [0.2, 0.25) is 0 Å². The highest BCUT2D eigenvalue weighted by Gasteiger charge is 2.37. The first-order valence-electron chi connectivity index (χ1n) is 7.41. The molecule has 0 radical (unpaired) electrons. The van der Waals surface area contributed by atoms with Crippen LogP contribution in [0.1, 0.15) is 32.1 Å². The van der Waals surface area contributed by atoms with E-state index in [4.69, 9.17) is 4.74 Å². The lowest BCUT2D eigenvalue weighted by Crippen LogP contribution is -2.56. The van der Waals surface area contributed by atoms with E-state index in [9.17, 15) is 0 Å². The van der Waals surface area contributed by atoms with E-state index in [0.717, 1.165) is 5.75 Å². The summed E-state index contributed by atoms with van der Waals surface area (Å²) in [4.78, 5) is 2.66. The summed E-state index contributed by atoms with van der Waals surface area (Å²) >= 11 is 0. The molecule has 1 aromatic rings. The Kier molecular flexibility index (Phi) is 3.65. The molecule has 2 aliphatic rings. The van der Waals surface area contributed by atoms with Gasteiger partial charge in [-0.25, -0.2) is 0 Å². The first kappa shape index (κ1) is 12.8. The van der Waals surface area contributed by atoms with E-state index in [1.54, 1.807) is 7.11 Å². The third kappa shape index (κ3) is 2.44. The van der Waals surface area contributed by atoms with Gasteiger partial charge in [0.1, 0.15) is 5.75 Å². The van der Waals surface area contributed by atoms with Gasteiger partial charge in [-0.1, -0.05) is 0 Å². The van der Waals surface area contributed by atoms with Gasteiger partial charge in [0.2, 0.25) is 0 Å². The maximum Gasteiger partial charge on any atom is 0.119 e. The molecule has 2 aliphatic heterocycles. The predicted molar refractivity (Wildman–Crippen MR) is 79.0 cm³/mol. The Hall–Kier alpha value is -1.22. The van der Waals surface area contributed by atoms with Crippen molar-refractivity contribution in [3.05, 3.63) is 24.3 Å². The lowest BCUT2D eigenvalue weighted by Gasteiger charge is -2.50. The second kappa shape index (κ2) is 5.41. The van der Waals surface area contributed by atoms with Crippen LogP contribution in [0.5, 0.6) is 5.75 Å². The van der Waals surface area contributed by atoms with Crippen LogP contribution in [0.25, 0.3) is 0 Å². The van der Waals surface area contributed by atoms with Crippen LogP contribution in [0, 0.1) is 0 Å². The molecule has 2 bridgehead atoms. The Balaban J connectivity index is 1.82. The molecule has 1 aromatic carbocycles. The smallest absolute Gasteiger partial charge is 0.119 e. The second-order valence-corrected chi connectivity index (χ2v) is 5.80. The van der Waals surface area contributed by atoms with Crippen LogP contribution >= 0.6 is 0 Å². The fourth-order valence-corrected chi connectivity index (χ4v) is 3.79. The van der Waals surface area contributed by atoms with Gasteiger partial charge in [0.15, 0.2) is 0 Å². The van der Waals surface area contributed by atoms with Gasteiger partial charge in [-0.15, -0.1) is 0 Å². The number of nitrogens with one attached hydrogen (secondary N) is 1. The van der Waals surface area contributed by atoms with Crippen molar-refractivity contribution in [2.24, 2.45) is 0 Å². The van der Waals surface area contributed by atoms with Crippen molar-refractivity contribution in [1.29, 1.82) is 0 Å². The minimum Gasteiger partial charge on any atom is -0.497 e. The number of anilines is 1. The lowest BCUT2D eigenvalue weighted by molar-refractivity contribution is 0.252. The molecule has 19 heavy (non-hydrogen) atoms. The largest absolute Gasteiger partial charge is 0.497 e. The highest BCUT2D eigenvalue weighted by Crippen LogP contribution is 2.38. The average molecular weight is 260 g/mol. The third-order valence-corrected chi connectivity index (χ3v) is 4.75. The minimum absolute atomic E-state index is 0.699. The van der Waals surface area contributed by atoms with Crippen LogP contribution < -0.4 is 15.0 Å². The molecule has 2 saturated heterocycles. The molecule has 3 rings (SSSR count). The number of methoxy groups -OCH3 is 1. The summed E-state index contributed by atoms with van der Waals surface area (Å²) in [5, 5.41) is 3.48. The molecule has 104 valence electrons. The van der Waals surface area contributed by atoms with Gasteiger partial charge in [-0.05, 0) is 63.4 Å². The average Bonchev–Trinajstić information content (AvgIpc) is 2.46. The van der Waals surface area contributed by atoms with Gasteiger partial charge in [0.05, 0.1) is 7.11 Å². The number of nitrogens with zero attached hydrogens (tertiary/aromatic N) is 1. The van der Waals surface area contributed by atoms with Crippen molar-refractivity contribution < 1.29 is 4.74 Å². The summed E-state index contributed by atoms with van der Waals surface area (Å²) in [7, 11) is 3.82. The molecule has 0 spiro atoms. The monoisotopic (exact) mass is 260 g/mol. The highest BCUT2D eigenvalue weighted by atomic mass is 16.5. The van der Waals surface area contributed by atoms with Crippen molar-refractivity contribution in [3.63, 3.8) is 0 Å². The number of piperidine rings is 2. The van der Waals surface area contributed by atoms with E-state index >= 15 is 0 Å². The topological polar surface area (TPSA) is 24.5 Å². The van der Waals surface area contributed by atoms with E-state index in [-0.39, 0.29) is 0 Å². The molecule has 0 aliphatic carbocycles. The first-order valence-corrected chi connectivity index (χ1v) is 7.41. The maximum absolute atomic E-state index is 5.26. The molecule has 2 atom stereocenters. The summed E-state index contributed by atoms with van der Waals surface area (Å²) in [6.07, 6.45) is 6.61. The number of fused-ring (bicyclic) bond motifs is 2. The van der Waals surface area contributed by atoms with Crippen LogP contribution in [0.4, 0.5) is 5.69 Å². The molecule has 0 amide bonds. The molecule has 2 unspecified atom stereocenters. The normalized spacial score (nSPS) is 30.2. The fourth-order valence-electron chi connectivity index (χ4n) is 3.79. The molecule has 2 heterocycles. The number of hydrogen-bond acceptors (Lipinski definition) is 3. The number of rotatable bonds is 3. The summed E-state index contributed by atoms with van der Waals surface area (Å²) in [5.41, 5.74) is 1.37. The molecule has 0 aromatic heterocycles. The first-order chi connectivity index (χ1) is 9.31. The Labute approximate surface area is 115 Å². The van der Waals surface area contributed by atoms with Crippen LogP contribution in [0.15, 0.2) is 24.3 Å². The lowest BCUT2D eigenvalue weighted by atomic mass is 9.81. The van der Waals surface area contributed by atoms with E-state index in [2.05, 4.69) is 41.5 Å². The molecular weight excluding hydrogens is 236 g/mol. The zero-order valence-corrected chi connectivity index (χ0v) is 11.9. The SMILES string of the molecule is CNC1CC2CCCC(C1)N2c1ccc(OC)cc1. The van der Waals surface area contributed by atoms with Crippen LogP contribution in [0.3, 0.4) is 0 Å². The second-order valence-electron chi connectivity index (χ2n) is 5.80. The summed E-state index contributed by atoms with van der Waals surface area (Å²) in [5.74, 6) is 0.944. The zero-order valence-electron chi connectivity index (χ0n) is 11.9. The Morgan fingerprint density at radius 3 is 2.26 bits per heavy atom. The zero-order chi connectivity index (χ0) is 13.2.